The molecule has 2 heteroatoms. The van der Waals surface area contributed by atoms with Gasteiger partial charge in [-0.2, -0.15) is 0 Å². The van der Waals surface area contributed by atoms with Crippen LogP contribution in [0.15, 0.2) is 48.5 Å². The van der Waals surface area contributed by atoms with Gasteiger partial charge in [0.25, 0.3) is 0 Å². The first-order valence-electron chi connectivity index (χ1n) is 7.45. The molecule has 1 unspecified atom stereocenters. The summed E-state index contributed by atoms with van der Waals surface area (Å²) in [6.07, 6.45) is 2.28. The van der Waals surface area contributed by atoms with Crippen molar-refractivity contribution in [2.24, 2.45) is 0 Å². The summed E-state index contributed by atoms with van der Waals surface area (Å²) < 4.78 is 0. The van der Waals surface area contributed by atoms with Crippen LogP contribution >= 0.6 is 0 Å². The monoisotopic (exact) mass is 266 g/mol. The Labute approximate surface area is 121 Å². The van der Waals surface area contributed by atoms with Crippen molar-refractivity contribution in [3.05, 3.63) is 65.2 Å². The van der Waals surface area contributed by atoms with Crippen LogP contribution in [0, 0.1) is 0 Å². The molecule has 2 aromatic rings. The van der Waals surface area contributed by atoms with Gasteiger partial charge in [-0.25, -0.2) is 0 Å². The minimum absolute atomic E-state index is 0.485. The third-order valence-corrected chi connectivity index (χ3v) is 4.16. The van der Waals surface area contributed by atoms with E-state index in [1.165, 1.54) is 22.4 Å². The van der Waals surface area contributed by atoms with E-state index in [-0.39, 0.29) is 0 Å². The Morgan fingerprint density at radius 1 is 1.10 bits per heavy atom. The van der Waals surface area contributed by atoms with E-state index in [9.17, 15) is 0 Å². The van der Waals surface area contributed by atoms with Gasteiger partial charge in [0.1, 0.15) is 0 Å². The second-order valence-electron chi connectivity index (χ2n) is 5.41. The lowest BCUT2D eigenvalue weighted by Gasteiger charge is -2.21. The standard InChI is InChI=1S/C18H22N2/c1-19-12-10-15(14-6-3-2-4-7-14)16-8-5-9-18-17(16)11-13-20-18/h2-9,15,19-20H,10-13H2,1H3. The average Bonchev–Trinajstić information content (AvgIpc) is 2.98. The molecule has 1 heterocycles. The van der Waals surface area contributed by atoms with Crippen molar-refractivity contribution in [2.45, 2.75) is 18.8 Å². The lowest BCUT2D eigenvalue weighted by molar-refractivity contribution is 0.658. The summed E-state index contributed by atoms with van der Waals surface area (Å²) >= 11 is 0. The van der Waals surface area contributed by atoms with Crippen molar-refractivity contribution in [2.75, 3.05) is 25.5 Å². The highest BCUT2D eigenvalue weighted by atomic mass is 14.9. The van der Waals surface area contributed by atoms with E-state index in [1.54, 1.807) is 0 Å². The Morgan fingerprint density at radius 3 is 2.75 bits per heavy atom. The van der Waals surface area contributed by atoms with Crippen molar-refractivity contribution >= 4 is 5.69 Å². The molecular weight excluding hydrogens is 244 g/mol. The number of rotatable bonds is 5. The fourth-order valence-electron chi connectivity index (χ4n) is 3.17. The van der Waals surface area contributed by atoms with Crippen molar-refractivity contribution in [3.63, 3.8) is 0 Å². The number of benzene rings is 2. The topological polar surface area (TPSA) is 24.1 Å². The van der Waals surface area contributed by atoms with Gasteiger partial charge in [0.05, 0.1) is 0 Å². The minimum Gasteiger partial charge on any atom is -0.384 e. The van der Waals surface area contributed by atoms with Crippen LogP contribution in [0.2, 0.25) is 0 Å². The normalized spacial score (nSPS) is 14.7. The van der Waals surface area contributed by atoms with Crippen LogP contribution in [0.3, 0.4) is 0 Å². The summed E-state index contributed by atoms with van der Waals surface area (Å²) in [5.41, 5.74) is 5.75. The van der Waals surface area contributed by atoms with E-state index in [1.807, 2.05) is 7.05 Å². The van der Waals surface area contributed by atoms with Gasteiger partial charge >= 0.3 is 0 Å². The molecule has 1 atom stereocenters. The third-order valence-electron chi connectivity index (χ3n) is 4.16. The molecule has 0 aromatic heterocycles. The molecule has 3 rings (SSSR count). The van der Waals surface area contributed by atoms with Crippen LogP contribution < -0.4 is 10.6 Å². The lowest BCUT2D eigenvalue weighted by Crippen LogP contribution is -2.14. The lowest BCUT2D eigenvalue weighted by atomic mass is 9.85. The van der Waals surface area contributed by atoms with E-state index < -0.39 is 0 Å². The van der Waals surface area contributed by atoms with E-state index in [2.05, 4.69) is 59.2 Å². The van der Waals surface area contributed by atoms with Crippen LogP contribution in [0.25, 0.3) is 0 Å². The summed E-state index contributed by atoms with van der Waals surface area (Å²) in [6.45, 7) is 2.11. The minimum atomic E-state index is 0.485. The maximum atomic E-state index is 3.49. The van der Waals surface area contributed by atoms with Crippen LogP contribution in [-0.2, 0) is 6.42 Å². The predicted molar refractivity (Wildman–Crippen MR) is 85.5 cm³/mol. The van der Waals surface area contributed by atoms with Gasteiger partial charge in [0.15, 0.2) is 0 Å². The second-order valence-corrected chi connectivity index (χ2v) is 5.41. The maximum absolute atomic E-state index is 3.49. The summed E-state index contributed by atoms with van der Waals surface area (Å²) in [6, 6.07) is 17.6. The van der Waals surface area contributed by atoms with Gasteiger partial charge in [0, 0.05) is 18.2 Å². The Balaban J connectivity index is 2.00. The summed E-state index contributed by atoms with van der Waals surface area (Å²) in [4.78, 5) is 0. The molecule has 0 fully saturated rings. The van der Waals surface area contributed by atoms with Gasteiger partial charge in [0.2, 0.25) is 0 Å². The predicted octanol–water partition coefficient (Wildman–Crippen LogP) is 3.40. The summed E-state index contributed by atoms with van der Waals surface area (Å²) in [7, 11) is 2.03. The molecule has 2 N–H and O–H groups in total. The molecule has 0 radical (unpaired) electrons. The molecule has 20 heavy (non-hydrogen) atoms. The number of hydrogen-bond donors (Lipinski definition) is 2. The zero-order chi connectivity index (χ0) is 13.8. The quantitative estimate of drug-likeness (QED) is 0.866. The first-order chi connectivity index (χ1) is 9.90. The first-order valence-corrected chi connectivity index (χ1v) is 7.45. The molecule has 0 bridgehead atoms. The largest absolute Gasteiger partial charge is 0.384 e. The fourth-order valence-corrected chi connectivity index (χ4v) is 3.17. The van der Waals surface area contributed by atoms with Crippen molar-refractivity contribution in [1.82, 2.24) is 5.32 Å². The van der Waals surface area contributed by atoms with Crippen molar-refractivity contribution < 1.29 is 0 Å². The Kier molecular flexibility index (Phi) is 4.03. The van der Waals surface area contributed by atoms with Crippen molar-refractivity contribution in [3.8, 4) is 0 Å². The highest BCUT2D eigenvalue weighted by Crippen LogP contribution is 2.35. The van der Waals surface area contributed by atoms with Crippen LogP contribution in [0.5, 0.6) is 0 Å². The van der Waals surface area contributed by atoms with Gasteiger partial charge < -0.3 is 10.6 Å². The Morgan fingerprint density at radius 2 is 1.95 bits per heavy atom. The fraction of sp³-hybridized carbons (Fsp3) is 0.333. The highest BCUT2D eigenvalue weighted by molar-refractivity contribution is 5.60. The maximum Gasteiger partial charge on any atom is 0.0376 e. The van der Waals surface area contributed by atoms with E-state index in [0.717, 1.165) is 25.9 Å². The van der Waals surface area contributed by atoms with Gasteiger partial charge in [-0.1, -0.05) is 42.5 Å². The first kappa shape index (κ1) is 13.2. The third kappa shape index (κ3) is 2.56. The van der Waals surface area contributed by atoms with E-state index in [4.69, 9.17) is 0 Å². The van der Waals surface area contributed by atoms with Crippen LogP contribution in [0.4, 0.5) is 5.69 Å². The SMILES string of the molecule is CNCCC(c1ccccc1)c1cccc2c1CCN2. The van der Waals surface area contributed by atoms with Crippen LogP contribution in [0.1, 0.15) is 29.0 Å². The van der Waals surface area contributed by atoms with Gasteiger partial charge in [-0.3, -0.25) is 0 Å². The van der Waals surface area contributed by atoms with Crippen molar-refractivity contribution in [1.29, 1.82) is 0 Å². The van der Waals surface area contributed by atoms with E-state index in [0.29, 0.717) is 5.92 Å². The molecule has 2 aromatic carbocycles. The zero-order valence-corrected chi connectivity index (χ0v) is 12.0. The number of anilines is 1. The number of nitrogens with one attached hydrogen (secondary N) is 2. The average molecular weight is 266 g/mol. The molecule has 0 saturated heterocycles. The molecule has 1 aliphatic heterocycles. The molecule has 2 nitrogen and oxygen atoms in total. The molecule has 0 spiro atoms. The zero-order valence-electron chi connectivity index (χ0n) is 12.0. The Hall–Kier alpha value is -1.80. The highest BCUT2D eigenvalue weighted by Gasteiger charge is 2.21. The second kappa shape index (κ2) is 6.10. The molecule has 1 aliphatic rings. The van der Waals surface area contributed by atoms with Gasteiger partial charge in [-0.15, -0.1) is 0 Å². The Bertz CT molecular complexity index is 563. The molecule has 0 saturated carbocycles. The molecule has 104 valence electrons. The molecule has 0 aliphatic carbocycles. The molecular formula is C18H22N2. The number of hydrogen-bond acceptors (Lipinski definition) is 2. The van der Waals surface area contributed by atoms with Gasteiger partial charge in [-0.05, 0) is 49.2 Å². The summed E-state index contributed by atoms with van der Waals surface area (Å²) in [5.74, 6) is 0.485. The van der Waals surface area contributed by atoms with Crippen LogP contribution in [-0.4, -0.2) is 20.1 Å². The van der Waals surface area contributed by atoms with E-state index >= 15 is 0 Å². The smallest absolute Gasteiger partial charge is 0.0376 e. The summed E-state index contributed by atoms with van der Waals surface area (Å²) in [5, 5.41) is 6.78. The number of fused-ring (bicyclic) bond motifs is 1. The molecule has 0 amide bonds.